The molecule has 2 aromatic rings. The Balaban J connectivity index is 2.10. The van der Waals surface area contributed by atoms with Crippen molar-refractivity contribution in [1.29, 1.82) is 0 Å². The van der Waals surface area contributed by atoms with Crippen molar-refractivity contribution in [2.75, 3.05) is 6.61 Å². The largest absolute Gasteiger partial charge is 0.493 e. The van der Waals surface area contributed by atoms with Gasteiger partial charge in [-0.1, -0.05) is 31.9 Å². The van der Waals surface area contributed by atoms with Crippen molar-refractivity contribution >= 4 is 43.2 Å². The molecule has 1 aliphatic heterocycles. The van der Waals surface area contributed by atoms with Gasteiger partial charge in [0.2, 0.25) is 0 Å². The van der Waals surface area contributed by atoms with Gasteiger partial charge in [0.1, 0.15) is 5.75 Å². The third-order valence-corrected chi connectivity index (χ3v) is 5.98. The second-order valence-corrected chi connectivity index (χ2v) is 7.19. The minimum Gasteiger partial charge on any atom is -0.493 e. The van der Waals surface area contributed by atoms with Gasteiger partial charge in [-0.2, -0.15) is 0 Å². The minimum absolute atomic E-state index is 0.210. The van der Waals surface area contributed by atoms with Crippen LogP contribution in [0.1, 0.15) is 26.4 Å². The molecule has 94 valence electrons. The van der Waals surface area contributed by atoms with E-state index in [0.29, 0.717) is 0 Å². The zero-order chi connectivity index (χ0) is 12.7. The van der Waals surface area contributed by atoms with Crippen molar-refractivity contribution in [3.05, 3.63) is 49.6 Å². The van der Waals surface area contributed by atoms with Crippen molar-refractivity contribution in [2.45, 2.75) is 18.2 Å². The summed E-state index contributed by atoms with van der Waals surface area (Å²) in [4.78, 5) is 1.56. The van der Waals surface area contributed by atoms with E-state index in [4.69, 9.17) is 4.74 Å². The first kappa shape index (κ1) is 12.7. The van der Waals surface area contributed by atoms with Gasteiger partial charge in [-0.05, 0) is 41.6 Å². The Bertz CT molecular complexity index is 591. The van der Waals surface area contributed by atoms with Crippen molar-refractivity contribution in [3.63, 3.8) is 0 Å². The van der Waals surface area contributed by atoms with Crippen LogP contribution in [0.5, 0.6) is 5.75 Å². The highest BCUT2D eigenvalue weighted by Crippen LogP contribution is 2.44. The summed E-state index contributed by atoms with van der Waals surface area (Å²) in [6.07, 6.45) is 1.00. The maximum atomic E-state index is 5.80. The summed E-state index contributed by atoms with van der Waals surface area (Å²) >= 11 is 9.20. The molecule has 4 heteroatoms. The van der Waals surface area contributed by atoms with Crippen LogP contribution in [-0.4, -0.2) is 6.61 Å². The predicted molar refractivity (Wildman–Crippen MR) is 83.2 cm³/mol. The van der Waals surface area contributed by atoms with Gasteiger partial charge in [-0.25, -0.2) is 0 Å². The van der Waals surface area contributed by atoms with E-state index in [2.05, 4.69) is 62.4 Å². The number of rotatable bonds is 2. The molecular weight excluding hydrogens is 376 g/mol. The van der Waals surface area contributed by atoms with Crippen molar-refractivity contribution in [3.8, 4) is 5.75 Å². The fourth-order valence-corrected chi connectivity index (χ4v) is 4.74. The van der Waals surface area contributed by atoms with E-state index in [-0.39, 0.29) is 4.83 Å². The van der Waals surface area contributed by atoms with E-state index in [1.807, 2.05) is 0 Å². The zero-order valence-corrected chi connectivity index (χ0v) is 13.9. The van der Waals surface area contributed by atoms with Crippen molar-refractivity contribution in [2.24, 2.45) is 0 Å². The number of halogens is 2. The molecule has 1 aliphatic rings. The number of thiophene rings is 1. The second-order valence-electron chi connectivity index (χ2n) is 4.41. The lowest BCUT2D eigenvalue weighted by atomic mass is 10.0. The van der Waals surface area contributed by atoms with Gasteiger partial charge in [0, 0.05) is 21.3 Å². The van der Waals surface area contributed by atoms with Gasteiger partial charge >= 0.3 is 0 Å². The lowest BCUT2D eigenvalue weighted by Gasteiger charge is -2.14. The molecule has 3 rings (SSSR count). The smallest absolute Gasteiger partial charge is 0.127 e. The van der Waals surface area contributed by atoms with Crippen LogP contribution in [0.25, 0.3) is 0 Å². The summed E-state index contributed by atoms with van der Waals surface area (Å²) in [6.45, 7) is 2.95. The van der Waals surface area contributed by atoms with Gasteiger partial charge < -0.3 is 4.74 Å². The van der Waals surface area contributed by atoms with Gasteiger partial charge in [-0.15, -0.1) is 11.3 Å². The Hall–Kier alpha value is -0.320. The van der Waals surface area contributed by atoms with Gasteiger partial charge in [0.05, 0.1) is 11.4 Å². The molecule has 1 aromatic carbocycles. The van der Waals surface area contributed by atoms with E-state index < -0.39 is 0 Å². The number of hydrogen-bond donors (Lipinski definition) is 0. The highest BCUT2D eigenvalue weighted by atomic mass is 79.9. The third kappa shape index (κ3) is 2.15. The Labute approximate surface area is 127 Å². The summed E-state index contributed by atoms with van der Waals surface area (Å²) in [5.74, 6) is 1.06. The Morgan fingerprint density at radius 2 is 2.22 bits per heavy atom. The van der Waals surface area contributed by atoms with Gasteiger partial charge in [-0.3, -0.25) is 0 Å². The first-order chi connectivity index (χ1) is 8.66. The van der Waals surface area contributed by atoms with Crippen LogP contribution in [-0.2, 0) is 6.42 Å². The minimum atomic E-state index is 0.210. The molecule has 2 heterocycles. The average molecular weight is 388 g/mol. The van der Waals surface area contributed by atoms with E-state index in [1.54, 1.807) is 11.3 Å². The van der Waals surface area contributed by atoms with Crippen LogP contribution in [0.2, 0.25) is 0 Å². The number of aryl methyl sites for hydroxylation is 1. The molecule has 1 atom stereocenters. The fraction of sp³-hybridized carbons (Fsp3) is 0.286. The number of alkyl halides is 1. The number of benzene rings is 1. The summed E-state index contributed by atoms with van der Waals surface area (Å²) < 4.78 is 6.92. The summed E-state index contributed by atoms with van der Waals surface area (Å²) in [5.41, 5.74) is 3.86. The average Bonchev–Trinajstić information content (AvgIpc) is 2.95. The van der Waals surface area contributed by atoms with E-state index >= 15 is 0 Å². The SMILES string of the molecule is Cc1ccsc1C(Br)c1cc(Br)cc2c1OCC2. The van der Waals surface area contributed by atoms with Crippen LogP contribution in [0.3, 0.4) is 0 Å². The molecule has 0 saturated heterocycles. The molecule has 0 amide bonds. The zero-order valence-electron chi connectivity index (χ0n) is 9.87. The van der Waals surface area contributed by atoms with Gasteiger partial charge in [0.25, 0.3) is 0 Å². The molecule has 1 unspecified atom stereocenters. The Morgan fingerprint density at radius 3 is 2.94 bits per heavy atom. The maximum absolute atomic E-state index is 5.80. The summed E-state index contributed by atoms with van der Waals surface area (Å²) in [6, 6.07) is 6.48. The second kappa shape index (κ2) is 4.99. The van der Waals surface area contributed by atoms with E-state index in [0.717, 1.165) is 23.2 Å². The molecule has 0 N–H and O–H groups in total. The molecule has 1 nitrogen and oxygen atoms in total. The van der Waals surface area contributed by atoms with Gasteiger partial charge in [0.15, 0.2) is 0 Å². The standard InChI is InChI=1S/C14H12Br2OS/c1-8-3-5-18-14(8)12(16)11-7-10(15)6-9-2-4-17-13(9)11/h3,5-7,12H,2,4H2,1H3. The quantitative estimate of drug-likeness (QED) is 0.640. The molecule has 0 saturated carbocycles. The first-order valence-corrected chi connectivity index (χ1v) is 8.39. The topological polar surface area (TPSA) is 9.23 Å². The molecule has 0 spiro atoms. The molecule has 0 radical (unpaired) electrons. The van der Waals surface area contributed by atoms with Crippen LogP contribution < -0.4 is 4.74 Å². The molecule has 0 aliphatic carbocycles. The maximum Gasteiger partial charge on any atom is 0.127 e. The highest BCUT2D eigenvalue weighted by molar-refractivity contribution is 9.10. The molecule has 0 bridgehead atoms. The van der Waals surface area contributed by atoms with Crippen LogP contribution in [0.4, 0.5) is 0 Å². The van der Waals surface area contributed by atoms with E-state index in [1.165, 1.54) is 21.6 Å². The van der Waals surface area contributed by atoms with Crippen molar-refractivity contribution in [1.82, 2.24) is 0 Å². The van der Waals surface area contributed by atoms with E-state index in [9.17, 15) is 0 Å². The Kier molecular flexibility index (Phi) is 3.52. The van der Waals surface area contributed by atoms with Crippen LogP contribution in [0, 0.1) is 6.92 Å². The van der Waals surface area contributed by atoms with Crippen molar-refractivity contribution < 1.29 is 4.74 Å². The lowest BCUT2D eigenvalue weighted by Crippen LogP contribution is -1.96. The molecule has 1 aromatic heterocycles. The van der Waals surface area contributed by atoms with Crippen LogP contribution >= 0.6 is 43.2 Å². The number of fused-ring (bicyclic) bond motifs is 1. The predicted octanol–water partition coefficient (Wildman–Crippen LogP) is 5.24. The number of ether oxygens (including phenoxy) is 1. The molecule has 18 heavy (non-hydrogen) atoms. The number of hydrogen-bond acceptors (Lipinski definition) is 2. The molecule has 0 fully saturated rings. The Morgan fingerprint density at radius 1 is 1.39 bits per heavy atom. The van der Waals surface area contributed by atoms with Crippen LogP contribution in [0.15, 0.2) is 28.1 Å². The lowest BCUT2D eigenvalue weighted by molar-refractivity contribution is 0.354. The monoisotopic (exact) mass is 386 g/mol. The first-order valence-electron chi connectivity index (χ1n) is 5.80. The fourth-order valence-electron chi connectivity index (χ4n) is 2.27. The summed E-state index contributed by atoms with van der Waals surface area (Å²) in [5, 5.41) is 2.14. The third-order valence-electron chi connectivity index (χ3n) is 3.18. The highest BCUT2D eigenvalue weighted by Gasteiger charge is 2.24. The normalized spacial score (nSPS) is 15.3. The molecular formula is C14H12Br2OS. The summed E-state index contributed by atoms with van der Waals surface area (Å²) in [7, 11) is 0.